The summed E-state index contributed by atoms with van der Waals surface area (Å²) in [6, 6.07) is 13.5. The normalized spacial score (nSPS) is 14.4. The summed E-state index contributed by atoms with van der Waals surface area (Å²) in [5.74, 6) is 1.60. The molecule has 1 aromatic carbocycles. The van der Waals surface area contributed by atoms with Crippen LogP contribution in [0, 0.1) is 10.5 Å². The first kappa shape index (κ1) is 17.9. The van der Waals surface area contributed by atoms with Crippen LogP contribution in [0.2, 0.25) is 0 Å². The van der Waals surface area contributed by atoms with Crippen molar-refractivity contribution in [2.24, 2.45) is 0 Å². The third kappa shape index (κ3) is 3.95. The zero-order valence-corrected chi connectivity index (χ0v) is 17.1. The van der Waals surface area contributed by atoms with E-state index in [0.29, 0.717) is 18.9 Å². The first-order chi connectivity index (χ1) is 13.1. The van der Waals surface area contributed by atoms with Crippen LogP contribution in [-0.2, 0) is 0 Å². The lowest BCUT2D eigenvalue weighted by Gasteiger charge is -2.35. The fraction of sp³-hybridized carbons (Fsp3) is 0.263. The molecule has 1 amide bonds. The highest BCUT2D eigenvalue weighted by molar-refractivity contribution is 14.1. The van der Waals surface area contributed by atoms with Gasteiger partial charge in [0.25, 0.3) is 5.91 Å². The van der Waals surface area contributed by atoms with E-state index in [-0.39, 0.29) is 5.91 Å². The highest BCUT2D eigenvalue weighted by atomic mass is 127. The average molecular weight is 474 g/mol. The molecule has 2 aromatic heterocycles. The lowest BCUT2D eigenvalue weighted by Crippen LogP contribution is -2.49. The highest BCUT2D eigenvalue weighted by Crippen LogP contribution is 2.16. The molecule has 8 heteroatoms. The van der Waals surface area contributed by atoms with Crippen LogP contribution in [0.25, 0.3) is 5.82 Å². The maximum absolute atomic E-state index is 12.6. The fourth-order valence-electron chi connectivity index (χ4n) is 3.07. The van der Waals surface area contributed by atoms with E-state index in [1.807, 2.05) is 60.5 Å². The SMILES string of the molecule is Cc1ccn(-c2ccc(N3CCN(C(=O)c4ccc(I)cc4)CC3)nn2)n1. The molecular weight excluding hydrogens is 455 g/mol. The molecule has 0 unspecified atom stereocenters. The Morgan fingerprint density at radius 2 is 1.59 bits per heavy atom. The van der Waals surface area contributed by atoms with Crippen molar-refractivity contribution in [1.29, 1.82) is 0 Å². The monoisotopic (exact) mass is 474 g/mol. The zero-order chi connectivity index (χ0) is 18.8. The largest absolute Gasteiger partial charge is 0.352 e. The van der Waals surface area contributed by atoms with Crippen molar-refractivity contribution in [2.75, 3.05) is 31.1 Å². The van der Waals surface area contributed by atoms with E-state index in [2.05, 4.69) is 42.8 Å². The lowest BCUT2D eigenvalue weighted by molar-refractivity contribution is 0.0746. The van der Waals surface area contributed by atoms with E-state index < -0.39 is 0 Å². The number of piperazine rings is 1. The Kier molecular flexibility index (Phi) is 5.06. The second-order valence-corrected chi connectivity index (χ2v) is 7.68. The third-order valence-electron chi connectivity index (χ3n) is 4.58. The number of anilines is 1. The summed E-state index contributed by atoms with van der Waals surface area (Å²) < 4.78 is 2.84. The quantitative estimate of drug-likeness (QED) is 0.546. The Morgan fingerprint density at radius 3 is 2.19 bits per heavy atom. The van der Waals surface area contributed by atoms with Gasteiger partial charge in [-0.05, 0) is 72.0 Å². The van der Waals surface area contributed by atoms with Crippen LogP contribution in [-0.4, -0.2) is 57.0 Å². The van der Waals surface area contributed by atoms with E-state index in [9.17, 15) is 4.79 Å². The highest BCUT2D eigenvalue weighted by Gasteiger charge is 2.23. The van der Waals surface area contributed by atoms with Gasteiger partial charge in [0.1, 0.15) is 0 Å². The number of aryl methyl sites for hydroxylation is 1. The van der Waals surface area contributed by atoms with Crippen molar-refractivity contribution in [1.82, 2.24) is 24.9 Å². The van der Waals surface area contributed by atoms with Crippen molar-refractivity contribution in [3.8, 4) is 5.82 Å². The second kappa shape index (κ2) is 7.63. The van der Waals surface area contributed by atoms with Gasteiger partial charge in [-0.3, -0.25) is 4.79 Å². The third-order valence-corrected chi connectivity index (χ3v) is 5.29. The number of rotatable bonds is 3. The van der Waals surface area contributed by atoms with Crippen molar-refractivity contribution in [2.45, 2.75) is 6.92 Å². The van der Waals surface area contributed by atoms with Crippen LogP contribution in [0.1, 0.15) is 16.1 Å². The predicted molar refractivity (Wildman–Crippen MR) is 111 cm³/mol. The first-order valence-electron chi connectivity index (χ1n) is 8.76. The zero-order valence-electron chi connectivity index (χ0n) is 14.9. The molecule has 1 saturated heterocycles. The molecule has 0 bridgehead atoms. The van der Waals surface area contributed by atoms with E-state index >= 15 is 0 Å². The molecule has 0 atom stereocenters. The fourth-order valence-corrected chi connectivity index (χ4v) is 3.42. The Labute approximate surface area is 171 Å². The number of halogens is 1. The molecule has 1 fully saturated rings. The van der Waals surface area contributed by atoms with Gasteiger partial charge < -0.3 is 9.80 Å². The summed E-state index contributed by atoms with van der Waals surface area (Å²) in [5, 5.41) is 13.0. The standard InChI is InChI=1S/C19H19IN6O/c1-14-8-9-26(23-14)18-7-6-17(21-22-18)24-10-12-25(13-11-24)19(27)15-2-4-16(20)5-3-15/h2-9H,10-13H2,1H3. The number of carbonyl (C=O) groups is 1. The van der Waals surface area contributed by atoms with Crippen LogP contribution in [0.5, 0.6) is 0 Å². The summed E-state index contributed by atoms with van der Waals surface area (Å²) in [6.45, 7) is 4.77. The molecule has 3 heterocycles. The Hall–Kier alpha value is -2.49. The number of amides is 1. The van der Waals surface area contributed by atoms with E-state index in [0.717, 1.165) is 33.7 Å². The van der Waals surface area contributed by atoms with Crippen molar-refractivity contribution in [3.63, 3.8) is 0 Å². The maximum atomic E-state index is 12.6. The van der Waals surface area contributed by atoms with Gasteiger partial charge in [0.05, 0.1) is 5.69 Å². The number of nitrogens with zero attached hydrogens (tertiary/aromatic N) is 6. The molecule has 0 radical (unpaired) electrons. The van der Waals surface area contributed by atoms with Crippen LogP contribution in [0.15, 0.2) is 48.7 Å². The molecule has 3 aromatic rings. The van der Waals surface area contributed by atoms with Gasteiger partial charge in [-0.2, -0.15) is 5.10 Å². The Bertz CT molecular complexity index is 930. The van der Waals surface area contributed by atoms with Gasteiger partial charge in [-0.15, -0.1) is 10.2 Å². The van der Waals surface area contributed by atoms with E-state index in [1.54, 1.807) is 4.68 Å². The Morgan fingerprint density at radius 1 is 0.926 bits per heavy atom. The topological polar surface area (TPSA) is 67.2 Å². The molecule has 0 aliphatic carbocycles. The number of aromatic nitrogens is 4. The molecule has 138 valence electrons. The minimum absolute atomic E-state index is 0.0848. The molecule has 27 heavy (non-hydrogen) atoms. The van der Waals surface area contributed by atoms with Gasteiger partial charge in [0.2, 0.25) is 0 Å². The predicted octanol–water partition coefficient (Wildman–Crippen LogP) is 2.54. The van der Waals surface area contributed by atoms with E-state index in [4.69, 9.17) is 0 Å². The lowest BCUT2D eigenvalue weighted by atomic mass is 10.2. The van der Waals surface area contributed by atoms with Gasteiger partial charge >= 0.3 is 0 Å². The molecule has 1 aliphatic heterocycles. The van der Waals surface area contributed by atoms with Crippen LogP contribution < -0.4 is 4.90 Å². The summed E-state index contributed by atoms with van der Waals surface area (Å²) in [7, 11) is 0. The van der Waals surface area contributed by atoms with Crippen LogP contribution in [0.4, 0.5) is 5.82 Å². The van der Waals surface area contributed by atoms with Gasteiger partial charge in [0.15, 0.2) is 11.6 Å². The minimum atomic E-state index is 0.0848. The van der Waals surface area contributed by atoms with Gasteiger partial charge in [-0.25, -0.2) is 4.68 Å². The maximum Gasteiger partial charge on any atom is 0.253 e. The number of benzene rings is 1. The first-order valence-corrected chi connectivity index (χ1v) is 9.84. The molecule has 7 nitrogen and oxygen atoms in total. The molecule has 1 aliphatic rings. The molecule has 0 N–H and O–H groups in total. The Balaban J connectivity index is 1.39. The van der Waals surface area contributed by atoms with Crippen LogP contribution >= 0.6 is 22.6 Å². The summed E-state index contributed by atoms with van der Waals surface area (Å²) in [5.41, 5.74) is 1.68. The molecule has 0 spiro atoms. The molecular formula is C19H19IN6O. The molecule has 0 saturated carbocycles. The van der Waals surface area contributed by atoms with E-state index in [1.165, 1.54) is 0 Å². The van der Waals surface area contributed by atoms with Gasteiger partial charge in [0, 0.05) is 41.5 Å². The van der Waals surface area contributed by atoms with Crippen molar-refractivity contribution >= 4 is 34.3 Å². The van der Waals surface area contributed by atoms with Crippen molar-refractivity contribution in [3.05, 3.63) is 63.5 Å². The smallest absolute Gasteiger partial charge is 0.253 e. The van der Waals surface area contributed by atoms with Crippen molar-refractivity contribution < 1.29 is 4.79 Å². The molecule has 4 rings (SSSR count). The number of carbonyl (C=O) groups excluding carboxylic acids is 1. The number of hydrogen-bond acceptors (Lipinski definition) is 5. The summed E-state index contributed by atoms with van der Waals surface area (Å²) in [4.78, 5) is 16.7. The second-order valence-electron chi connectivity index (χ2n) is 6.44. The van der Waals surface area contributed by atoms with Crippen LogP contribution in [0.3, 0.4) is 0 Å². The average Bonchev–Trinajstić information content (AvgIpc) is 3.15. The number of hydrogen-bond donors (Lipinski definition) is 0. The summed E-state index contributed by atoms with van der Waals surface area (Å²) in [6.07, 6.45) is 1.87. The summed E-state index contributed by atoms with van der Waals surface area (Å²) >= 11 is 2.24. The van der Waals surface area contributed by atoms with Gasteiger partial charge in [-0.1, -0.05) is 0 Å². The minimum Gasteiger partial charge on any atom is -0.352 e.